The molecule has 3 rings (SSSR count). The molecule has 0 aliphatic heterocycles. The van der Waals surface area contributed by atoms with Crippen molar-refractivity contribution in [2.45, 2.75) is 19.9 Å². The normalized spacial score (nSPS) is 11.1. The zero-order valence-corrected chi connectivity index (χ0v) is 13.0. The molecule has 1 amide bonds. The second-order valence-corrected chi connectivity index (χ2v) is 5.62. The summed E-state index contributed by atoms with van der Waals surface area (Å²) in [6.07, 6.45) is 1.58. The number of amides is 1. The molecule has 0 unspecified atom stereocenters. The van der Waals surface area contributed by atoms with Gasteiger partial charge in [0.25, 0.3) is 11.5 Å². The molecule has 0 spiro atoms. The second-order valence-electron chi connectivity index (χ2n) is 5.62. The largest absolute Gasteiger partial charge is 0.364 e. The summed E-state index contributed by atoms with van der Waals surface area (Å²) in [5, 5.41) is 0.634. The van der Waals surface area contributed by atoms with Gasteiger partial charge in [0.2, 0.25) is 0 Å². The monoisotopic (exact) mass is 307 g/mol. The van der Waals surface area contributed by atoms with Gasteiger partial charge in [-0.15, -0.1) is 0 Å². The van der Waals surface area contributed by atoms with Gasteiger partial charge in [-0.1, -0.05) is 36.4 Å². The van der Waals surface area contributed by atoms with E-state index in [2.05, 4.69) is 4.98 Å². The molecule has 2 heterocycles. The van der Waals surface area contributed by atoms with Crippen LogP contribution in [0.4, 0.5) is 0 Å². The van der Waals surface area contributed by atoms with E-state index in [1.165, 1.54) is 4.57 Å². The van der Waals surface area contributed by atoms with E-state index in [4.69, 9.17) is 5.73 Å². The molecule has 0 bridgehead atoms. The first kappa shape index (κ1) is 15.0. The van der Waals surface area contributed by atoms with Crippen molar-refractivity contribution in [3.05, 3.63) is 64.7 Å². The first-order valence-corrected chi connectivity index (χ1v) is 7.40. The van der Waals surface area contributed by atoms with E-state index >= 15 is 0 Å². The summed E-state index contributed by atoms with van der Waals surface area (Å²) in [5.41, 5.74) is 7.36. The van der Waals surface area contributed by atoms with E-state index in [0.717, 1.165) is 5.56 Å². The first-order chi connectivity index (χ1) is 11.0. The second kappa shape index (κ2) is 5.68. The third kappa shape index (κ3) is 2.40. The van der Waals surface area contributed by atoms with E-state index in [-0.39, 0.29) is 17.3 Å². The predicted molar refractivity (Wildman–Crippen MR) is 90.3 cm³/mol. The molecule has 0 atom stereocenters. The highest BCUT2D eigenvalue weighted by molar-refractivity contribution is 6.07. The zero-order chi connectivity index (χ0) is 16.6. The van der Waals surface area contributed by atoms with Crippen LogP contribution >= 0.6 is 0 Å². The summed E-state index contributed by atoms with van der Waals surface area (Å²) in [4.78, 5) is 29.2. The van der Waals surface area contributed by atoms with Crippen molar-refractivity contribution in [2.75, 3.05) is 0 Å². The van der Waals surface area contributed by atoms with Crippen LogP contribution in [0.25, 0.3) is 22.0 Å². The summed E-state index contributed by atoms with van der Waals surface area (Å²) in [6, 6.07) is 12.8. The van der Waals surface area contributed by atoms with Gasteiger partial charge in [0.15, 0.2) is 0 Å². The molecule has 1 aromatic carbocycles. The van der Waals surface area contributed by atoms with Gasteiger partial charge < -0.3 is 5.73 Å². The van der Waals surface area contributed by atoms with Crippen molar-refractivity contribution >= 4 is 16.8 Å². The van der Waals surface area contributed by atoms with Gasteiger partial charge in [-0.2, -0.15) is 0 Å². The molecule has 0 saturated carbocycles. The Bertz CT molecular complexity index is 944. The van der Waals surface area contributed by atoms with Gasteiger partial charge in [-0.25, -0.2) is 0 Å². The van der Waals surface area contributed by atoms with Crippen molar-refractivity contribution in [2.24, 2.45) is 5.73 Å². The zero-order valence-electron chi connectivity index (χ0n) is 13.0. The third-order valence-electron chi connectivity index (χ3n) is 3.79. The average Bonchev–Trinajstić information content (AvgIpc) is 2.55. The lowest BCUT2D eigenvalue weighted by atomic mass is 9.98. The Morgan fingerprint density at radius 2 is 1.83 bits per heavy atom. The van der Waals surface area contributed by atoms with Gasteiger partial charge in [0.05, 0.1) is 0 Å². The minimum absolute atomic E-state index is 0.209. The summed E-state index contributed by atoms with van der Waals surface area (Å²) < 4.78 is 1.43. The number of rotatable bonds is 3. The molecule has 5 nitrogen and oxygen atoms in total. The van der Waals surface area contributed by atoms with Crippen LogP contribution in [0.2, 0.25) is 0 Å². The Labute approximate surface area is 133 Å². The number of carbonyl (C=O) groups excluding carboxylic acids is 1. The molecule has 2 N–H and O–H groups in total. The Balaban J connectivity index is 2.60. The highest BCUT2D eigenvalue weighted by atomic mass is 16.2. The van der Waals surface area contributed by atoms with E-state index in [0.29, 0.717) is 16.5 Å². The molecular formula is C18H17N3O2. The van der Waals surface area contributed by atoms with Crippen LogP contribution in [-0.4, -0.2) is 15.5 Å². The summed E-state index contributed by atoms with van der Waals surface area (Å²) in [7, 11) is 0. The van der Waals surface area contributed by atoms with E-state index in [9.17, 15) is 9.59 Å². The molecule has 3 aromatic rings. The lowest BCUT2D eigenvalue weighted by Crippen LogP contribution is -2.32. The molecule has 5 heteroatoms. The third-order valence-corrected chi connectivity index (χ3v) is 3.79. The number of hydrogen-bond donors (Lipinski definition) is 1. The minimum atomic E-state index is -0.625. The highest BCUT2D eigenvalue weighted by Crippen LogP contribution is 2.30. The quantitative estimate of drug-likeness (QED) is 0.808. The van der Waals surface area contributed by atoms with Gasteiger partial charge in [-0.05, 0) is 25.5 Å². The number of nitrogens with two attached hydrogens (primary N) is 1. The smallest absolute Gasteiger partial charge is 0.277 e. The highest BCUT2D eigenvalue weighted by Gasteiger charge is 2.23. The number of pyridine rings is 2. The Hall–Kier alpha value is -2.95. The van der Waals surface area contributed by atoms with Crippen LogP contribution in [0.15, 0.2) is 53.5 Å². The van der Waals surface area contributed by atoms with Crippen molar-refractivity contribution in [3.8, 4) is 11.1 Å². The number of benzene rings is 1. The molecule has 2 aromatic heterocycles. The molecule has 116 valence electrons. The molecular weight excluding hydrogens is 290 g/mol. The average molecular weight is 307 g/mol. The fourth-order valence-corrected chi connectivity index (χ4v) is 2.87. The van der Waals surface area contributed by atoms with Crippen LogP contribution in [0.1, 0.15) is 30.4 Å². The van der Waals surface area contributed by atoms with Crippen LogP contribution in [0, 0.1) is 0 Å². The van der Waals surface area contributed by atoms with Crippen LogP contribution in [-0.2, 0) is 0 Å². The molecule has 0 aliphatic carbocycles. The van der Waals surface area contributed by atoms with E-state index in [1.807, 2.05) is 44.2 Å². The summed E-state index contributed by atoms with van der Waals surface area (Å²) in [5.74, 6) is -0.625. The lowest BCUT2D eigenvalue weighted by molar-refractivity contribution is 0.0989. The maximum Gasteiger partial charge on any atom is 0.277 e. The number of carbonyl (C=O) groups is 1. The van der Waals surface area contributed by atoms with Gasteiger partial charge in [0.1, 0.15) is 11.2 Å². The van der Waals surface area contributed by atoms with Gasteiger partial charge in [0, 0.05) is 23.2 Å². The maximum atomic E-state index is 12.8. The van der Waals surface area contributed by atoms with Crippen molar-refractivity contribution in [3.63, 3.8) is 0 Å². The van der Waals surface area contributed by atoms with Gasteiger partial charge in [-0.3, -0.25) is 19.1 Å². The van der Waals surface area contributed by atoms with E-state index in [1.54, 1.807) is 18.3 Å². The first-order valence-electron chi connectivity index (χ1n) is 7.40. The number of primary amides is 1. The van der Waals surface area contributed by atoms with Crippen molar-refractivity contribution in [1.82, 2.24) is 9.55 Å². The van der Waals surface area contributed by atoms with Crippen LogP contribution in [0.3, 0.4) is 0 Å². The predicted octanol–water partition coefficient (Wildman–Crippen LogP) is 2.74. The number of fused-ring (bicyclic) bond motifs is 1. The number of aromatic nitrogens is 2. The molecule has 0 radical (unpaired) electrons. The SMILES string of the molecule is CC(C)n1c(C(N)=O)c(-c2ccccc2)c2cccnc2c1=O. The fraction of sp³-hybridized carbons (Fsp3) is 0.167. The number of nitrogens with zero attached hydrogens (tertiary/aromatic N) is 2. The van der Waals surface area contributed by atoms with Crippen LogP contribution in [0.5, 0.6) is 0 Å². The van der Waals surface area contributed by atoms with Crippen molar-refractivity contribution < 1.29 is 4.79 Å². The molecule has 0 fully saturated rings. The van der Waals surface area contributed by atoms with Crippen LogP contribution < -0.4 is 11.3 Å². The maximum absolute atomic E-state index is 12.8. The van der Waals surface area contributed by atoms with Crippen molar-refractivity contribution in [1.29, 1.82) is 0 Å². The summed E-state index contributed by atoms with van der Waals surface area (Å²) >= 11 is 0. The number of hydrogen-bond acceptors (Lipinski definition) is 3. The fourth-order valence-electron chi connectivity index (χ4n) is 2.87. The molecule has 0 aliphatic rings. The standard InChI is InChI=1S/C18H17N3O2/c1-11(2)21-16(17(19)22)14(12-7-4-3-5-8-12)13-9-6-10-20-15(13)18(21)23/h3-11H,1-2H3,(H2,19,22). The topological polar surface area (TPSA) is 78.0 Å². The Morgan fingerprint density at radius 1 is 1.13 bits per heavy atom. The molecule has 0 saturated heterocycles. The Morgan fingerprint density at radius 3 is 2.43 bits per heavy atom. The molecule has 23 heavy (non-hydrogen) atoms. The minimum Gasteiger partial charge on any atom is -0.364 e. The van der Waals surface area contributed by atoms with Gasteiger partial charge >= 0.3 is 0 Å². The summed E-state index contributed by atoms with van der Waals surface area (Å²) in [6.45, 7) is 3.69. The Kier molecular flexibility index (Phi) is 3.70. The van der Waals surface area contributed by atoms with E-state index < -0.39 is 5.91 Å². The lowest BCUT2D eigenvalue weighted by Gasteiger charge is -2.20.